The van der Waals surface area contributed by atoms with Gasteiger partial charge < -0.3 is 29.6 Å². The molecule has 0 bridgehead atoms. The minimum Gasteiger partial charge on any atom is -0.497 e. The van der Waals surface area contributed by atoms with Gasteiger partial charge in [0.15, 0.2) is 0 Å². The number of hydrogen-bond donors (Lipinski definition) is 2. The molecule has 0 aliphatic rings. The number of nitrogens with zero attached hydrogens (tertiary/aromatic N) is 2. The number of carbonyl (C=O) groups excluding carboxylic acids is 2. The molecule has 0 saturated carbocycles. The second-order valence-corrected chi connectivity index (χ2v) is 11.4. The van der Waals surface area contributed by atoms with Crippen molar-refractivity contribution in [3.8, 4) is 45.5 Å². The smallest absolute Gasteiger partial charge is 0.252 e. The van der Waals surface area contributed by atoms with Gasteiger partial charge in [-0.15, -0.1) is 0 Å². The highest BCUT2D eigenvalue weighted by Crippen LogP contribution is 2.36. The number of rotatable bonds is 11. The van der Waals surface area contributed by atoms with Gasteiger partial charge in [-0.3, -0.25) is 9.59 Å². The van der Waals surface area contributed by atoms with Crippen molar-refractivity contribution in [1.82, 2.24) is 20.6 Å². The second-order valence-electron chi connectivity index (χ2n) is 11.4. The Balaban J connectivity index is 1.24. The number of ether oxygens (including phenoxy) is 4. The van der Waals surface area contributed by atoms with Crippen LogP contribution in [-0.2, 0) is 0 Å². The highest BCUT2D eigenvalue weighted by molar-refractivity contribution is 6.08. The molecule has 2 heterocycles. The second kappa shape index (κ2) is 14.3. The van der Waals surface area contributed by atoms with Crippen LogP contribution in [0.15, 0.2) is 97.1 Å². The van der Waals surface area contributed by atoms with Gasteiger partial charge in [-0.05, 0) is 55.5 Å². The third-order valence-electron chi connectivity index (χ3n) is 8.24. The summed E-state index contributed by atoms with van der Waals surface area (Å²) in [6, 6.07) is 29.0. The third kappa shape index (κ3) is 6.80. The maximum Gasteiger partial charge on any atom is 0.252 e. The largest absolute Gasteiger partial charge is 0.497 e. The van der Waals surface area contributed by atoms with E-state index < -0.39 is 6.04 Å². The number of fused-ring (bicyclic) bond motifs is 2. The summed E-state index contributed by atoms with van der Waals surface area (Å²) in [5.74, 6) is 1.84. The van der Waals surface area contributed by atoms with E-state index >= 15 is 0 Å². The van der Waals surface area contributed by atoms with E-state index in [9.17, 15) is 9.59 Å². The van der Waals surface area contributed by atoms with Crippen LogP contribution in [0.2, 0.25) is 0 Å². The molecule has 4 aromatic carbocycles. The lowest BCUT2D eigenvalue weighted by Crippen LogP contribution is -2.42. The Kier molecular flexibility index (Phi) is 9.57. The molecule has 2 N–H and O–H groups in total. The summed E-state index contributed by atoms with van der Waals surface area (Å²) >= 11 is 0. The van der Waals surface area contributed by atoms with Crippen LogP contribution in [0.1, 0.15) is 27.6 Å². The van der Waals surface area contributed by atoms with E-state index in [0.717, 1.165) is 11.1 Å². The fourth-order valence-electron chi connectivity index (χ4n) is 5.72. The first kappa shape index (κ1) is 32.8. The zero-order chi connectivity index (χ0) is 34.5. The van der Waals surface area contributed by atoms with Crippen LogP contribution >= 0.6 is 0 Å². The lowest BCUT2D eigenvalue weighted by molar-refractivity contribution is 0.0914. The normalized spacial score (nSPS) is 11.5. The van der Waals surface area contributed by atoms with E-state index in [1.165, 1.54) is 0 Å². The van der Waals surface area contributed by atoms with Crippen LogP contribution in [0.3, 0.4) is 0 Å². The Hall–Kier alpha value is -6.16. The first-order valence-corrected chi connectivity index (χ1v) is 15.7. The average molecular weight is 657 g/mol. The van der Waals surface area contributed by atoms with Crippen molar-refractivity contribution in [2.75, 3.05) is 35.0 Å². The fourth-order valence-corrected chi connectivity index (χ4v) is 5.72. The monoisotopic (exact) mass is 656 g/mol. The number of aromatic nitrogens is 2. The number of hydrogen-bond acceptors (Lipinski definition) is 8. The predicted molar refractivity (Wildman–Crippen MR) is 190 cm³/mol. The molecule has 1 unspecified atom stereocenters. The summed E-state index contributed by atoms with van der Waals surface area (Å²) in [7, 11) is 6.33. The molecule has 0 aliphatic carbocycles. The van der Waals surface area contributed by atoms with Gasteiger partial charge in [-0.25, -0.2) is 9.97 Å². The maximum absolute atomic E-state index is 13.8. The summed E-state index contributed by atoms with van der Waals surface area (Å²) in [6.07, 6.45) is 0. The molecule has 0 aliphatic heterocycles. The predicted octanol–water partition coefficient (Wildman–Crippen LogP) is 6.70. The minimum atomic E-state index is -0.406. The Labute approximate surface area is 284 Å². The molecule has 2 aromatic heterocycles. The Morgan fingerprint density at radius 1 is 0.612 bits per heavy atom. The SMILES string of the molecule is COc1ccc(-c2cc(C(=O)NCC(C)NC(=O)c3cc(-c4ccc(OC)cc4OC)nc4ccccc34)c3ccccc3n2)c(OC)c1. The number of para-hydroxylation sites is 2. The molecule has 0 spiro atoms. The first-order chi connectivity index (χ1) is 23.8. The van der Waals surface area contributed by atoms with Crippen molar-refractivity contribution < 1.29 is 28.5 Å². The summed E-state index contributed by atoms with van der Waals surface area (Å²) < 4.78 is 21.9. The summed E-state index contributed by atoms with van der Waals surface area (Å²) in [5, 5.41) is 7.46. The van der Waals surface area contributed by atoms with Crippen molar-refractivity contribution >= 4 is 33.6 Å². The van der Waals surface area contributed by atoms with Crippen LogP contribution in [-0.4, -0.2) is 62.8 Å². The van der Waals surface area contributed by atoms with Crippen LogP contribution in [0.25, 0.3) is 44.3 Å². The zero-order valence-electron chi connectivity index (χ0n) is 27.9. The zero-order valence-corrected chi connectivity index (χ0v) is 27.9. The van der Waals surface area contributed by atoms with Gasteiger partial charge >= 0.3 is 0 Å². The topological polar surface area (TPSA) is 121 Å². The van der Waals surface area contributed by atoms with Crippen molar-refractivity contribution in [1.29, 1.82) is 0 Å². The molecule has 2 amide bonds. The lowest BCUT2D eigenvalue weighted by Gasteiger charge is -2.18. The van der Waals surface area contributed by atoms with Gasteiger partial charge in [-0.1, -0.05) is 36.4 Å². The van der Waals surface area contributed by atoms with Gasteiger partial charge in [0, 0.05) is 46.6 Å². The summed E-state index contributed by atoms with van der Waals surface area (Å²) in [6.45, 7) is 2.03. The van der Waals surface area contributed by atoms with Gasteiger partial charge in [0.2, 0.25) is 0 Å². The van der Waals surface area contributed by atoms with E-state index in [0.29, 0.717) is 67.3 Å². The fraction of sp³-hybridized carbons (Fsp3) is 0.179. The van der Waals surface area contributed by atoms with Crippen LogP contribution < -0.4 is 29.6 Å². The number of benzene rings is 4. The minimum absolute atomic E-state index is 0.185. The Bertz CT molecular complexity index is 2180. The average Bonchev–Trinajstić information content (AvgIpc) is 3.15. The molecule has 0 fully saturated rings. The molecule has 1 atom stereocenters. The van der Waals surface area contributed by atoms with E-state index in [1.54, 1.807) is 52.7 Å². The highest BCUT2D eigenvalue weighted by atomic mass is 16.5. The van der Waals surface area contributed by atoms with E-state index in [4.69, 9.17) is 28.9 Å². The highest BCUT2D eigenvalue weighted by Gasteiger charge is 2.20. The van der Waals surface area contributed by atoms with E-state index in [-0.39, 0.29) is 18.4 Å². The Morgan fingerprint density at radius 3 is 1.55 bits per heavy atom. The lowest BCUT2D eigenvalue weighted by atomic mass is 10.0. The molecule has 49 heavy (non-hydrogen) atoms. The number of amides is 2. The summed E-state index contributed by atoms with van der Waals surface area (Å²) in [5.41, 5.74) is 4.84. The molecule has 0 saturated heterocycles. The molecule has 10 heteroatoms. The van der Waals surface area contributed by atoms with Crippen LogP contribution in [0.4, 0.5) is 0 Å². The van der Waals surface area contributed by atoms with Crippen molar-refractivity contribution in [3.05, 3.63) is 108 Å². The van der Waals surface area contributed by atoms with Gasteiger partial charge in [0.1, 0.15) is 23.0 Å². The number of nitrogens with one attached hydrogen (secondary N) is 2. The molecule has 6 rings (SSSR count). The van der Waals surface area contributed by atoms with Crippen molar-refractivity contribution in [2.24, 2.45) is 0 Å². The number of carbonyl (C=O) groups is 2. The summed E-state index contributed by atoms with van der Waals surface area (Å²) in [4.78, 5) is 37.1. The van der Waals surface area contributed by atoms with Crippen LogP contribution in [0, 0.1) is 0 Å². The molecular formula is C39H36N4O6. The molecule has 0 radical (unpaired) electrons. The molecule has 6 aromatic rings. The van der Waals surface area contributed by atoms with Gasteiger partial charge in [0.25, 0.3) is 11.8 Å². The van der Waals surface area contributed by atoms with Crippen molar-refractivity contribution in [2.45, 2.75) is 13.0 Å². The maximum atomic E-state index is 13.8. The van der Waals surface area contributed by atoms with Gasteiger partial charge in [-0.2, -0.15) is 0 Å². The number of methoxy groups -OCH3 is 4. The van der Waals surface area contributed by atoms with Crippen molar-refractivity contribution in [3.63, 3.8) is 0 Å². The first-order valence-electron chi connectivity index (χ1n) is 15.7. The molecule has 248 valence electrons. The molecular weight excluding hydrogens is 620 g/mol. The molecule has 10 nitrogen and oxygen atoms in total. The standard InChI is InChI=1S/C39H36N4O6/c1-23(41-39(45)31-21-35(43-33-13-9-7-11-27(31)33)29-17-15-25(47-3)19-37(29)49-5)22-40-38(44)30-20-34(42-32-12-8-6-10-26(30)32)28-16-14-24(46-2)18-36(28)48-4/h6-21,23H,22H2,1-5H3,(H,40,44)(H,41,45). The number of pyridine rings is 2. The van der Waals surface area contributed by atoms with E-state index in [2.05, 4.69) is 10.6 Å². The Morgan fingerprint density at radius 2 is 1.08 bits per heavy atom. The van der Waals surface area contributed by atoms with E-state index in [1.807, 2.05) is 79.7 Å². The van der Waals surface area contributed by atoms with Gasteiger partial charge in [0.05, 0.1) is 62.0 Å². The quantitative estimate of drug-likeness (QED) is 0.158. The third-order valence-corrected chi connectivity index (χ3v) is 8.24. The van der Waals surface area contributed by atoms with Crippen LogP contribution in [0.5, 0.6) is 23.0 Å².